The summed E-state index contributed by atoms with van der Waals surface area (Å²) >= 11 is 0. The molecule has 168 valence electrons. The Balaban J connectivity index is 1.57. The van der Waals surface area contributed by atoms with Crippen LogP contribution in [0.2, 0.25) is 0 Å². The minimum Gasteiger partial charge on any atom is -0.455 e. The quantitative estimate of drug-likeness (QED) is 0.657. The van der Waals surface area contributed by atoms with E-state index in [1.54, 1.807) is 43.9 Å². The molecule has 1 fully saturated rings. The number of amides is 3. The SMILES string of the molecule is CC(C)(C)NC(=O)NC(=O)COC(=O)[C@@H]1CCCN(C2=NS(=O)(=O)c3ccccc32)C1. The Bertz CT molecular complexity index is 1030. The van der Waals surface area contributed by atoms with Crippen LogP contribution in [0.25, 0.3) is 0 Å². The third kappa shape index (κ3) is 5.60. The van der Waals surface area contributed by atoms with Gasteiger partial charge in [0.25, 0.3) is 15.9 Å². The summed E-state index contributed by atoms with van der Waals surface area (Å²) in [6.45, 7) is 5.51. The van der Waals surface area contributed by atoms with E-state index in [4.69, 9.17) is 4.74 Å². The van der Waals surface area contributed by atoms with Gasteiger partial charge in [0.15, 0.2) is 12.4 Å². The highest BCUT2D eigenvalue weighted by Crippen LogP contribution is 2.29. The summed E-state index contributed by atoms with van der Waals surface area (Å²) in [4.78, 5) is 37.9. The monoisotopic (exact) mass is 450 g/mol. The van der Waals surface area contributed by atoms with Crippen molar-refractivity contribution in [3.8, 4) is 0 Å². The second kappa shape index (κ2) is 8.66. The van der Waals surface area contributed by atoms with Crippen LogP contribution in [0.3, 0.4) is 0 Å². The Morgan fingerprint density at radius 1 is 1.23 bits per heavy atom. The lowest BCUT2D eigenvalue weighted by atomic mass is 9.97. The first kappa shape index (κ1) is 22.7. The Hall–Kier alpha value is -2.95. The molecule has 0 bridgehead atoms. The van der Waals surface area contributed by atoms with Crippen molar-refractivity contribution >= 4 is 33.8 Å². The molecule has 2 heterocycles. The molecule has 0 saturated carbocycles. The summed E-state index contributed by atoms with van der Waals surface area (Å²) in [5, 5.41) is 4.68. The number of hydrogen-bond donors (Lipinski definition) is 2. The molecule has 0 radical (unpaired) electrons. The summed E-state index contributed by atoms with van der Waals surface area (Å²) in [5.74, 6) is -1.53. The zero-order valence-electron chi connectivity index (χ0n) is 17.7. The Kier molecular flexibility index (Phi) is 6.35. The number of rotatable bonds is 3. The van der Waals surface area contributed by atoms with Gasteiger partial charge in [-0.05, 0) is 45.7 Å². The first-order valence-electron chi connectivity index (χ1n) is 9.94. The molecular weight excluding hydrogens is 424 g/mol. The maximum absolute atomic E-state index is 12.5. The number of ether oxygens (including phenoxy) is 1. The van der Waals surface area contributed by atoms with E-state index in [2.05, 4.69) is 15.0 Å². The number of sulfonamides is 1. The smallest absolute Gasteiger partial charge is 0.321 e. The summed E-state index contributed by atoms with van der Waals surface area (Å²) in [6, 6.07) is 5.90. The zero-order valence-corrected chi connectivity index (χ0v) is 18.5. The molecular formula is C20H26N4O6S. The molecule has 0 spiro atoms. The number of carbonyl (C=O) groups excluding carboxylic acids is 3. The van der Waals surface area contributed by atoms with E-state index in [0.29, 0.717) is 30.8 Å². The number of nitrogens with zero attached hydrogens (tertiary/aromatic N) is 2. The third-order valence-corrected chi connectivity index (χ3v) is 6.08. The predicted octanol–water partition coefficient (Wildman–Crippen LogP) is 1.02. The lowest BCUT2D eigenvalue weighted by molar-refractivity contribution is -0.153. The van der Waals surface area contributed by atoms with E-state index in [1.807, 2.05) is 0 Å². The molecule has 0 aromatic heterocycles. The van der Waals surface area contributed by atoms with Crippen LogP contribution in [0.4, 0.5) is 4.79 Å². The number of esters is 1. The van der Waals surface area contributed by atoms with Gasteiger partial charge in [-0.25, -0.2) is 4.79 Å². The highest BCUT2D eigenvalue weighted by molar-refractivity contribution is 7.90. The van der Waals surface area contributed by atoms with Crippen LogP contribution in [0, 0.1) is 5.92 Å². The van der Waals surface area contributed by atoms with Gasteiger partial charge in [0.2, 0.25) is 0 Å². The number of urea groups is 1. The molecule has 2 N–H and O–H groups in total. The van der Waals surface area contributed by atoms with E-state index in [9.17, 15) is 22.8 Å². The van der Waals surface area contributed by atoms with E-state index < -0.39 is 46.0 Å². The molecule has 0 aliphatic carbocycles. The molecule has 0 unspecified atom stereocenters. The predicted molar refractivity (Wildman–Crippen MR) is 112 cm³/mol. The minimum atomic E-state index is -3.75. The Morgan fingerprint density at radius 2 is 1.94 bits per heavy atom. The molecule has 1 saturated heterocycles. The van der Waals surface area contributed by atoms with Gasteiger partial charge in [0.05, 0.1) is 5.92 Å². The molecule has 2 aliphatic heterocycles. The van der Waals surface area contributed by atoms with Crippen molar-refractivity contribution in [1.82, 2.24) is 15.5 Å². The molecule has 3 rings (SSSR count). The molecule has 1 aromatic rings. The van der Waals surface area contributed by atoms with Gasteiger partial charge < -0.3 is 15.0 Å². The number of likely N-dealkylation sites (tertiary alicyclic amines) is 1. The molecule has 11 heteroatoms. The van der Waals surface area contributed by atoms with Gasteiger partial charge in [0.1, 0.15) is 4.90 Å². The Labute approximate surface area is 181 Å². The molecule has 2 aliphatic rings. The van der Waals surface area contributed by atoms with Crippen molar-refractivity contribution in [1.29, 1.82) is 0 Å². The van der Waals surface area contributed by atoms with Crippen molar-refractivity contribution in [2.75, 3.05) is 19.7 Å². The fourth-order valence-corrected chi connectivity index (χ4v) is 4.70. The van der Waals surface area contributed by atoms with Gasteiger partial charge in [-0.3, -0.25) is 14.9 Å². The van der Waals surface area contributed by atoms with Gasteiger partial charge in [-0.1, -0.05) is 12.1 Å². The number of amidine groups is 1. The molecule has 31 heavy (non-hydrogen) atoms. The van der Waals surface area contributed by atoms with Crippen LogP contribution >= 0.6 is 0 Å². The maximum atomic E-state index is 12.5. The number of piperidine rings is 1. The summed E-state index contributed by atoms with van der Waals surface area (Å²) in [6.07, 6.45) is 1.18. The number of benzene rings is 1. The highest BCUT2D eigenvalue weighted by atomic mass is 32.2. The highest BCUT2D eigenvalue weighted by Gasteiger charge is 2.35. The summed E-state index contributed by atoms with van der Waals surface area (Å²) < 4.78 is 33.6. The van der Waals surface area contributed by atoms with Gasteiger partial charge >= 0.3 is 12.0 Å². The van der Waals surface area contributed by atoms with Gasteiger partial charge in [0, 0.05) is 24.2 Å². The van der Waals surface area contributed by atoms with Crippen LogP contribution in [-0.2, 0) is 24.3 Å². The molecule has 10 nitrogen and oxygen atoms in total. The van der Waals surface area contributed by atoms with Crippen molar-refractivity contribution < 1.29 is 27.5 Å². The van der Waals surface area contributed by atoms with Crippen LogP contribution in [0.1, 0.15) is 39.2 Å². The Morgan fingerprint density at radius 3 is 2.65 bits per heavy atom. The fraction of sp³-hybridized carbons (Fsp3) is 0.500. The van der Waals surface area contributed by atoms with Gasteiger partial charge in [-0.15, -0.1) is 4.40 Å². The van der Waals surface area contributed by atoms with E-state index in [0.717, 1.165) is 0 Å². The molecule has 1 atom stereocenters. The number of nitrogens with one attached hydrogen (secondary N) is 2. The average Bonchev–Trinajstić information content (AvgIpc) is 2.96. The van der Waals surface area contributed by atoms with Crippen molar-refractivity contribution in [2.45, 2.75) is 44.0 Å². The van der Waals surface area contributed by atoms with Crippen LogP contribution in [0.15, 0.2) is 33.6 Å². The van der Waals surface area contributed by atoms with Gasteiger partial charge in [-0.2, -0.15) is 8.42 Å². The summed E-state index contributed by atoms with van der Waals surface area (Å²) in [7, 11) is -3.75. The lowest BCUT2D eigenvalue weighted by Crippen LogP contribution is -2.49. The number of fused-ring (bicyclic) bond motifs is 1. The molecule has 3 amide bonds. The van der Waals surface area contributed by atoms with Crippen molar-refractivity contribution in [3.63, 3.8) is 0 Å². The van der Waals surface area contributed by atoms with Crippen molar-refractivity contribution in [3.05, 3.63) is 29.8 Å². The van der Waals surface area contributed by atoms with Crippen LogP contribution in [-0.4, -0.2) is 62.3 Å². The first-order valence-corrected chi connectivity index (χ1v) is 11.4. The minimum absolute atomic E-state index is 0.153. The second-order valence-electron chi connectivity index (χ2n) is 8.53. The largest absolute Gasteiger partial charge is 0.455 e. The average molecular weight is 451 g/mol. The van der Waals surface area contributed by atoms with Crippen LogP contribution in [0.5, 0.6) is 0 Å². The van der Waals surface area contributed by atoms with E-state index in [1.165, 1.54) is 6.07 Å². The number of imide groups is 1. The topological polar surface area (TPSA) is 134 Å². The summed E-state index contributed by atoms with van der Waals surface area (Å²) in [5.41, 5.74) is 0.00234. The van der Waals surface area contributed by atoms with Crippen LogP contribution < -0.4 is 10.6 Å². The maximum Gasteiger partial charge on any atom is 0.321 e. The van der Waals surface area contributed by atoms with E-state index >= 15 is 0 Å². The number of carbonyl (C=O) groups is 3. The standard InChI is InChI=1S/C20H26N4O6S/c1-20(2,3)22-19(27)21-16(25)12-30-18(26)13-7-6-10-24(11-13)17-14-8-4-5-9-15(14)31(28,29)23-17/h4-5,8-9,13H,6-7,10-12H2,1-3H3,(H2,21,22,25,27)/t13-/m1/s1. The zero-order chi connectivity index (χ0) is 22.8. The molecule has 1 aromatic carbocycles. The second-order valence-corrected chi connectivity index (χ2v) is 10.1. The lowest BCUT2D eigenvalue weighted by Gasteiger charge is -2.32. The third-order valence-electron chi connectivity index (χ3n) is 4.75. The first-order chi connectivity index (χ1) is 14.5. The fourth-order valence-electron chi connectivity index (χ4n) is 3.47. The number of hydrogen-bond acceptors (Lipinski definition) is 7. The van der Waals surface area contributed by atoms with E-state index in [-0.39, 0.29) is 11.4 Å². The normalized spacial score (nSPS) is 19.8. The van der Waals surface area contributed by atoms with Crippen molar-refractivity contribution in [2.24, 2.45) is 10.3 Å².